The van der Waals surface area contributed by atoms with Crippen molar-refractivity contribution in [1.82, 2.24) is 0 Å². The summed E-state index contributed by atoms with van der Waals surface area (Å²) in [6.45, 7) is 1.78. The molecule has 1 aromatic heterocycles. The molecule has 22 heavy (non-hydrogen) atoms. The molecule has 0 saturated carbocycles. The molecular formula is C17H12FNO3. The molecule has 1 N–H and O–H groups in total. The van der Waals surface area contributed by atoms with E-state index in [1.807, 2.05) is 0 Å². The van der Waals surface area contributed by atoms with Crippen LogP contribution in [0.2, 0.25) is 0 Å². The van der Waals surface area contributed by atoms with Crippen LogP contribution < -0.4 is 10.9 Å². The third kappa shape index (κ3) is 2.61. The van der Waals surface area contributed by atoms with Gasteiger partial charge in [0.15, 0.2) is 0 Å². The molecule has 0 atom stereocenters. The number of halogens is 1. The first-order valence-corrected chi connectivity index (χ1v) is 6.65. The molecule has 0 aliphatic rings. The molecular weight excluding hydrogens is 285 g/mol. The van der Waals surface area contributed by atoms with Gasteiger partial charge in [-0.1, -0.05) is 24.3 Å². The van der Waals surface area contributed by atoms with Gasteiger partial charge in [-0.15, -0.1) is 0 Å². The molecule has 1 amide bonds. The Labute approximate surface area is 125 Å². The predicted molar refractivity (Wildman–Crippen MR) is 81.6 cm³/mol. The van der Waals surface area contributed by atoms with Crippen LogP contribution in [0.3, 0.4) is 0 Å². The van der Waals surface area contributed by atoms with E-state index in [0.29, 0.717) is 11.0 Å². The van der Waals surface area contributed by atoms with Crippen LogP contribution in [0.4, 0.5) is 10.1 Å². The Morgan fingerprint density at radius 1 is 1.14 bits per heavy atom. The monoisotopic (exact) mass is 297 g/mol. The first-order chi connectivity index (χ1) is 10.5. The number of anilines is 1. The topological polar surface area (TPSA) is 59.3 Å². The van der Waals surface area contributed by atoms with E-state index in [2.05, 4.69) is 5.32 Å². The fourth-order valence-electron chi connectivity index (χ4n) is 2.14. The normalized spacial score (nSPS) is 10.6. The number of carbonyl (C=O) groups is 1. The number of fused-ring (bicyclic) bond motifs is 1. The second-order valence-electron chi connectivity index (χ2n) is 4.92. The summed E-state index contributed by atoms with van der Waals surface area (Å²) >= 11 is 0. The van der Waals surface area contributed by atoms with E-state index >= 15 is 0 Å². The summed E-state index contributed by atoms with van der Waals surface area (Å²) in [6.07, 6.45) is 0. The van der Waals surface area contributed by atoms with Crippen molar-refractivity contribution in [2.24, 2.45) is 0 Å². The lowest BCUT2D eigenvalue weighted by atomic mass is 10.1. The van der Waals surface area contributed by atoms with E-state index in [9.17, 15) is 14.0 Å². The first-order valence-electron chi connectivity index (χ1n) is 6.65. The van der Waals surface area contributed by atoms with Crippen LogP contribution in [0.1, 0.15) is 15.9 Å². The van der Waals surface area contributed by atoms with Crippen LogP contribution in [0, 0.1) is 12.7 Å². The maximum atomic E-state index is 13.7. The van der Waals surface area contributed by atoms with Crippen LogP contribution in [0.5, 0.6) is 0 Å². The van der Waals surface area contributed by atoms with Gasteiger partial charge in [0, 0.05) is 5.39 Å². The van der Waals surface area contributed by atoms with E-state index < -0.39 is 17.3 Å². The minimum Gasteiger partial charge on any atom is -0.422 e. The zero-order chi connectivity index (χ0) is 15.7. The van der Waals surface area contributed by atoms with Crippen molar-refractivity contribution < 1.29 is 13.6 Å². The molecule has 2 aromatic carbocycles. The van der Waals surface area contributed by atoms with Crippen molar-refractivity contribution in [3.05, 3.63) is 75.9 Å². The molecule has 4 nitrogen and oxygen atoms in total. The largest absolute Gasteiger partial charge is 0.422 e. The van der Waals surface area contributed by atoms with Gasteiger partial charge in [-0.3, -0.25) is 4.79 Å². The summed E-state index contributed by atoms with van der Waals surface area (Å²) in [5.74, 6) is -1.27. The SMILES string of the molecule is Cc1ccc(F)c(NC(=O)c2cc3ccccc3oc2=O)c1. The number of amides is 1. The van der Waals surface area contributed by atoms with E-state index in [1.165, 1.54) is 18.2 Å². The number of nitrogens with one attached hydrogen (secondary N) is 1. The van der Waals surface area contributed by atoms with Crippen molar-refractivity contribution in [3.63, 3.8) is 0 Å². The maximum Gasteiger partial charge on any atom is 0.349 e. The van der Waals surface area contributed by atoms with Crippen LogP contribution in [0.15, 0.2) is 57.7 Å². The first kappa shape index (κ1) is 14.0. The van der Waals surface area contributed by atoms with Crippen LogP contribution in [-0.4, -0.2) is 5.91 Å². The lowest BCUT2D eigenvalue weighted by molar-refractivity contribution is 0.102. The third-order valence-corrected chi connectivity index (χ3v) is 3.26. The molecule has 0 aliphatic heterocycles. The molecule has 0 unspecified atom stereocenters. The Morgan fingerprint density at radius 2 is 1.91 bits per heavy atom. The van der Waals surface area contributed by atoms with Gasteiger partial charge in [-0.05, 0) is 36.8 Å². The summed E-state index contributed by atoms with van der Waals surface area (Å²) in [5, 5.41) is 3.02. The van der Waals surface area contributed by atoms with Crippen LogP contribution in [-0.2, 0) is 0 Å². The number of carbonyl (C=O) groups excluding carboxylic acids is 1. The van der Waals surface area contributed by atoms with Gasteiger partial charge in [-0.25, -0.2) is 9.18 Å². The van der Waals surface area contributed by atoms with E-state index in [0.717, 1.165) is 5.56 Å². The molecule has 0 radical (unpaired) electrons. The van der Waals surface area contributed by atoms with Gasteiger partial charge in [0.1, 0.15) is 17.0 Å². The molecule has 110 valence electrons. The summed E-state index contributed by atoms with van der Waals surface area (Å²) in [7, 11) is 0. The lowest BCUT2D eigenvalue weighted by Crippen LogP contribution is -2.21. The highest BCUT2D eigenvalue weighted by Crippen LogP contribution is 2.17. The zero-order valence-electron chi connectivity index (χ0n) is 11.7. The van der Waals surface area contributed by atoms with Gasteiger partial charge < -0.3 is 9.73 Å². The van der Waals surface area contributed by atoms with E-state index in [-0.39, 0.29) is 11.3 Å². The fourth-order valence-corrected chi connectivity index (χ4v) is 2.14. The molecule has 0 fully saturated rings. The number of benzene rings is 2. The van der Waals surface area contributed by atoms with Gasteiger partial charge in [-0.2, -0.15) is 0 Å². The average Bonchev–Trinajstić information content (AvgIpc) is 2.50. The molecule has 5 heteroatoms. The zero-order valence-corrected chi connectivity index (χ0v) is 11.7. The van der Waals surface area contributed by atoms with Crippen LogP contribution in [0.25, 0.3) is 11.0 Å². The van der Waals surface area contributed by atoms with Gasteiger partial charge in [0.05, 0.1) is 5.69 Å². The minimum atomic E-state index is -0.760. The lowest BCUT2D eigenvalue weighted by Gasteiger charge is -2.07. The average molecular weight is 297 g/mol. The Balaban J connectivity index is 2.00. The highest BCUT2D eigenvalue weighted by atomic mass is 19.1. The Bertz CT molecular complexity index is 931. The standard InChI is InChI=1S/C17H12FNO3/c1-10-6-7-13(18)14(8-10)19-16(20)12-9-11-4-2-3-5-15(11)22-17(12)21/h2-9H,1H3,(H,19,20). The second-order valence-corrected chi connectivity index (χ2v) is 4.92. The Hall–Kier alpha value is -2.95. The number of rotatable bonds is 2. The van der Waals surface area contributed by atoms with Crippen molar-refractivity contribution in [2.45, 2.75) is 6.92 Å². The molecule has 0 spiro atoms. The summed E-state index contributed by atoms with van der Waals surface area (Å²) in [6, 6.07) is 12.6. The molecule has 1 heterocycles. The van der Waals surface area contributed by atoms with E-state index in [1.54, 1.807) is 37.3 Å². The number of hydrogen-bond donors (Lipinski definition) is 1. The number of para-hydroxylation sites is 1. The van der Waals surface area contributed by atoms with Gasteiger partial charge >= 0.3 is 5.63 Å². The minimum absolute atomic E-state index is 0.0255. The van der Waals surface area contributed by atoms with Crippen molar-refractivity contribution >= 4 is 22.6 Å². The maximum absolute atomic E-state index is 13.7. The van der Waals surface area contributed by atoms with Gasteiger partial charge in [0.25, 0.3) is 5.91 Å². The molecule has 0 aliphatic carbocycles. The second kappa shape index (κ2) is 5.44. The number of hydrogen-bond acceptors (Lipinski definition) is 3. The Morgan fingerprint density at radius 3 is 2.73 bits per heavy atom. The summed E-state index contributed by atoms with van der Waals surface area (Å²) in [5.41, 5.74) is 0.287. The Kier molecular flexibility index (Phi) is 3.47. The summed E-state index contributed by atoms with van der Waals surface area (Å²) < 4.78 is 18.8. The fraction of sp³-hybridized carbons (Fsp3) is 0.0588. The predicted octanol–water partition coefficient (Wildman–Crippen LogP) is 3.49. The van der Waals surface area contributed by atoms with Crippen molar-refractivity contribution in [3.8, 4) is 0 Å². The number of aryl methyl sites for hydroxylation is 1. The highest BCUT2D eigenvalue weighted by molar-refractivity contribution is 6.05. The molecule has 3 rings (SSSR count). The molecule has 3 aromatic rings. The highest BCUT2D eigenvalue weighted by Gasteiger charge is 2.15. The quantitative estimate of drug-likeness (QED) is 0.737. The van der Waals surface area contributed by atoms with Crippen LogP contribution >= 0.6 is 0 Å². The van der Waals surface area contributed by atoms with Crippen molar-refractivity contribution in [1.29, 1.82) is 0 Å². The summed E-state index contributed by atoms with van der Waals surface area (Å²) in [4.78, 5) is 24.1. The third-order valence-electron chi connectivity index (χ3n) is 3.26. The molecule has 0 saturated heterocycles. The van der Waals surface area contributed by atoms with E-state index in [4.69, 9.17) is 4.42 Å². The van der Waals surface area contributed by atoms with Gasteiger partial charge in [0.2, 0.25) is 0 Å². The molecule has 0 bridgehead atoms. The smallest absolute Gasteiger partial charge is 0.349 e. The van der Waals surface area contributed by atoms with Crippen molar-refractivity contribution in [2.75, 3.05) is 5.32 Å².